The fourth-order valence-corrected chi connectivity index (χ4v) is 2.03. The molecule has 0 spiro atoms. The van der Waals surface area contributed by atoms with Crippen molar-refractivity contribution in [2.24, 2.45) is 5.92 Å². The van der Waals surface area contributed by atoms with Crippen molar-refractivity contribution in [1.29, 1.82) is 0 Å². The Bertz CT molecular complexity index is 197. The zero-order valence-corrected chi connectivity index (χ0v) is 8.99. The lowest BCUT2D eigenvalue weighted by atomic mass is 10.1. The molecule has 0 aliphatic carbocycles. The van der Waals surface area contributed by atoms with Gasteiger partial charge in [0.1, 0.15) is 0 Å². The Morgan fingerprint density at radius 1 is 1.57 bits per heavy atom. The lowest BCUT2D eigenvalue weighted by Gasteiger charge is -2.28. The molecular formula is C10H20N2O2. The molecule has 0 amide bonds. The molecule has 1 fully saturated rings. The first-order valence-corrected chi connectivity index (χ1v) is 5.30. The molecule has 2 unspecified atom stereocenters. The van der Waals surface area contributed by atoms with Gasteiger partial charge in [-0.3, -0.25) is 9.69 Å². The summed E-state index contributed by atoms with van der Waals surface area (Å²) in [5.41, 5.74) is 0. The SMILES string of the molecule is CCN1CC(C)CNCC1CC(=O)O. The predicted octanol–water partition coefficient (Wildman–Crippen LogP) is 0.391. The maximum absolute atomic E-state index is 10.7. The number of hydrogen-bond donors (Lipinski definition) is 2. The largest absolute Gasteiger partial charge is 0.481 e. The van der Waals surface area contributed by atoms with Crippen molar-refractivity contribution >= 4 is 5.97 Å². The number of nitrogens with zero attached hydrogens (tertiary/aromatic N) is 1. The molecule has 1 aliphatic heterocycles. The van der Waals surface area contributed by atoms with Gasteiger partial charge < -0.3 is 10.4 Å². The van der Waals surface area contributed by atoms with Gasteiger partial charge in [0.25, 0.3) is 0 Å². The Hall–Kier alpha value is -0.610. The van der Waals surface area contributed by atoms with Gasteiger partial charge in [-0.15, -0.1) is 0 Å². The van der Waals surface area contributed by atoms with E-state index in [1.165, 1.54) is 0 Å². The maximum Gasteiger partial charge on any atom is 0.304 e. The van der Waals surface area contributed by atoms with Crippen LogP contribution in [-0.4, -0.2) is 48.2 Å². The highest BCUT2D eigenvalue weighted by Gasteiger charge is 2.24. The van der Waals surface area contributed by atoms with E-state index in [-0.39, 0.29) is 12.5 Å². The summed E-state index contributed by atoms with van der Waals surface area (Å²) in [4.78, 5) is 12.9. The molecule has 0 aromatic rings. The molecule has 0 aromatic carbocycles. The van der Waals surface area contributed by atoms with E-state index in [0.717, 1.165) is 26.2 Å². The molecule has 1 aliphatic rings. The molecule has 2 N–H and O–H groups in total. The molecule has 82 valence electrons. The number of nitrogens with one attached hydrogen (secondary N) is 1. The second-order valence-corrected chi connectivity index (χ2v) is 4.10. The van der Waals surface area contributed by atoms with Crippen LogP contribution in [0.25, 0.3) is 0 Å². The fraction of sp³-hybridized carbons (Fsp3) is 0.900. The number of hydrogen-bond acceptors (Lipinski definition) is 3. The van der Waals surface area contributed by atoms with Crippen LogP contribution < -0.4 is 5.32 Å². The minimum atomic E-state index is -0.704. The highest BCUT2D eigenvalue weighted by molar-refractivity contribution is 5.67. The monoisotopic (exact) mass is 200 g/mol. The molecule has 1 saturated heterocycles. The van der Waals surface area contributed by atoms with E-state index in [2.05, 4.69) is 24.1 Å². The smallest absolute Gasteiger partial charge is 0.304 e. The molecule has 0 radical (unpaired) electrons. The molecule has 2 atom stereocenters. The lowest BCUT2D eigenvalue weighted by molar-refractivity contribution is -0.138. The first-order chi connectivity index (χ1) is 6.63. The summed E-state index contributed by atoms with van der Waals surface area (Å²) < 4.78 is 0. The van der Waals surface area contributed by atoms with Crippen molar-refractivity contribution in [2.45, 2.75) is 26.3 Å². The minimum Gasteiger partial charge on any atom is -0.481 e. The van der Waals surface area contributed by atoms with Crippen molar-refractivity contribution < 1.29 is 9.90 Å². The number of carboxylic acid groups (broad SMARTS) is 1. The highest BCUT2D eigenvalue weighted by atomic mass is 16.4. The van der Waals surface area contributed by atoms with Gasteiger partial charge in [-0.1, -0.05) is 13.8 Å². The average Bonchev–Trinajstić information content (AvgIpc) is 2.27. The van der Waals surface area contributed by atoms with Crippen LogP contribution in [0, 0.1) is 5.92 Å². The first kappa shape index (κ1) is 11.5. The van der Waals surface area contributed by atoms with Crippen molar-refractivity contribution in [3.8, 4) is 0 Å². The third-order valence-electron chi connectivity index (χ3n) is 2.75. The van der Waals surface area contributed by atoms with Crippen molar-refractivity contribution in [3.05, 3.63) is 0 Å². The van der Waals surface area contributed by atoms with Crippen LogP contribution in [0.1, 0.15) is 20.3 Å². The Balaban J connectivity index is 2.56. The summed E-state index contributed by atoms with van der Waals surface area (Å²) in [6.45, 7) is 8.01. The minimum absolute atomic E-state index is 0.155. The van der Waals surface area contributed by atoms with Crippen molar-refractivity contribution in [1.82, 2.24) is 10.2 Å². The number of carboxylic acids is 1. The standard InChI is InChI=1S/C10H20N2O2/c1-3-12-7-8(2)5-11-6-9(12)4-10(13)14/h8-9,11H,3-7H2,1-2H3,(H,13,14). The number of aliphatic carboxylic acids is 1. The van der Waals surface area contributed by atoms with Gasteiger partial charge >= 0.3 is 5.97 Å². The fourth-order valence-electron chi connectivity index (χ4n) is 2.03. The summed E-state index contributed by atoms with van der Waals surface area (Å²) in [5.74, 6) is -0.0986. The zero-order valence-electron chi connectivity index (χ0n) is 8.99. The Morgan fingerprint density at radius 2 is 2.29 bits per heavy atom. The first-order valence-electron chi connectivity index (χ1n) is 5.30. The number of carbonyl (C=O) groups is 1. The van der Waals surface area contributed by atoms with E-state index in [9.17, 15) is 4.79 Å². The third-order valence-corrected chi connectivity index (χ3v) is 2.75. The molecule has 0 aromatic heterocycles. The van der Waals surface area contributed by atoms with Gasteiger partial charge in [-0.05, 0) is 19.0 Å². The van der Waals surface area contributed by atoms with Crippen LogP contribution >= 0.6 is 0 Å². The van der Waals surface area contributed by atoms with Gasteiger partial charge in [0.15, 0.2) is 0 Å². The van der Waals surface area contributed by atoms with E-state index in [1.807, 2.05) is 0 Å². The predicted molar refractivity (Wildman–Crippen MR) is 55.3 cm³/mol. The second kappa shape index (κ2) is 5.32. The van der Waals surface area contributed by atoms with Gasteiger partial charge in [-0.25, -0.2) is 0 Å². The van der Waals surface area contributed by atoms with Crippen molar-refractivity contribution in [3.63, 3.8) is 0 Å². The van der Waals surface area contributed by atoms with E-state index >= 15 is 0 Å². The lowest BCUT2D eigenvalue weighted by Crippen LogP contribution is -2.41. The second-order valence-electron chi connectivity index (χ2n) is 4.10. The quantitative estimate of drug-likeness (QED) is 0.692. The van der Waals surface area contributed by atoms with Crippen LogP contribution in [0.2, 0.25) is 0 Å². The molecular weight excluding hydrogens is 180 g/mol. The Kier molecular flexibility index (Phi) is 4.35. The summed E-state index contributed by atoms with van der Waals surface area (Å²) in [5, 5.41) is 12.1. The normalized spacial score (nSPS) is 29.9. The van der Waals surface area contributed by atoms with Crippen LogP contribution in [0.4, 0.5) is 0 Å². The van der Waals surface area contributed by atoms with E-state index in [1.54, 1.807) is 0 Å². The summed E-state index contributed by atoms with van der Waals surface area (Å²) in [6.07, 6.45) is 0.244. The summed E-state index contributed by atoms with van der Waals surface area (Å²) >= 11 is 0. The molecule has 0 bridgehead atoms. The maximum atomic E-state index is 10.7. The summed E-state index contributed by atoms with van der Waals surface area (Å²) in [6, 6.07) is 0.155. The Morgan fingerprint density at radius 3 is 2.86 bits per heavy atom. The Labute approximate surface area is 85.3 Å². The van der Waals surface area contributed by atoms with Crippen LogP contribution in [-0.2, 0) is 4.79 Å². The molecule has 1 heterocycles. The molecule has 4 nitrogen and oxygen atoms in total. The van der Waals surface area contributed by atoms with Gasteiger partial charge in [0, 0.05) is 19.1 Å². The number of rotatable bonds is 3. The van der Waals surface area contributed by atoms with E-state index in [4.69, 9.17) is 5.11 Å². The molecule has 1 rings (SSSR count). The van der Waals surface area contributed by atoms with Crippen LogP contribution in [0.3, 0.4) is 0 Å². The van der Waals surface area contributed by atoms with Gasteiger partial charge in [0.2, 0.25) is 0 Å². The number of likely N-dealkylation sites (N-methyl/N-ethyl adjacent to an activating group) is 1. The van der Waals surface area contributed by atoms with Crippen LogP contribution in [0.5, 0.6) is 0 Å². The van der Waals surface area contributed by atoms with Crippen LogP contribution in [0.15, 0.2) is 0 Å². The third kappa shape index (κ3) is 3.27. The highest BCUT2D eigenvalue weighted by Crippen LogP contribution is 2.10. The summed E-state index contributed by atoms with van der Waals surface area (Å²) in [7, 11) is 0. The van der Waals surface area contributed by atoms with Gasteiger partial charge in [0.05, 0.1) is 6.42 Å². The van der Waals surface area contributed by atoms with Crippen molar-refractivity contribution in [2.75, 3.05) is 26.2 Å². The topological polar surface area (TPSA) is 52.6 Å². The zero-order chi connectivity index (χ0) is 10.6. The van der Waals surface area contributed by atoms with Gasteiger partial charge in [-0.2, -0.15) is 0 Å². The van der Waals surface area contributed by atoms with E-state index in [0.29, 0.717) is 5.92 Å². The molecule has 14 heavy (non-hydrogen) atoms. The average molecular weight is 200 g/mol. The molecule has 0 saturated carbocycles. The van der Waals surface area contributed by atoms with E-state index < -0.39 is 5.97 Å². The molecule has 4 heteroatoms.